The zero-order valence-electron chi connectivity index (χ0n) is 12.8. The molecule has 24 heavy (non-hydrogen) atoms. The third kappa shape index (κ3) is 2.67. The van der Waals surface area contributed by atoms with Gasteiger partial charge in [-0.3, -0.25) is 9.59 Å². The Balaban J connectivity index is 1.56. The quantitative estimate of drug-likeness (QED) is 0.848. The summed E-state index contributed by atoms with van der Waals surface area (Å²) in [6.07, 6.45) is 1.67. The number of nitrogens with one attached hydrogen (secondary N) is 2. The van der Waals surface area contributed by atoms with Crippen LogP contribution in [0.2, 0.25) is 0 Å². The number of amides is 2. The van der Waals surface area contributed by atoms with Gasteiger partial charge in [0.25, 0.3) is 5.91 Å². The van der Waals surface area contributed by atoms with Gasteiger partial charge in [0.2, 0.25) is 5.91 Å². The van der Waals surface area contributed by atoms with E-state index in [2.05, 4.69) is 26.6 Å². The molecule has 0 aromatic heterocycles. The molecule has 0 atom stereocenters. The Morgan fingerprint density at radius 3 is 2.79 bits per heavy atom. The lowest BCUT2D eigenvalue weighted by molar-refractivity contribution is -0.119. The van der Waals surface area contributed by atoms with Crippen molar-refractivity contribution in [2.24, 2.45) is 0 Å². The molecule has 2 amide bonds. The second kappa shape index (κ2) is 5.63. The van der Waals surface area contributed by atoms with Crippen molar-refractivity contribution in [3.05, 3.63) is 52.5 Å². The molecule has 2 aromatic rings. The van der Waals surface area contributed by atoms with Crippen molar-refractivity contribution < 1.29 is 14.3 Å². The van der Waals surface area contributed by atoms with Crippen LogP contribution in [0, 0.1) is 0 Å². The van der Waals surface area contributed by atoms with Gasteiger partial charge in [0.15, 0.2) is 6.61 Å². The maximum Gasteiger partial charge on any atom is 0.262 e. The lowest BCUT2D eigenvalue weighted by atomic mass is 9.95. The lowest BCUT2D eigenvalue weighted by Gasteiger charge is -2.20. The fourth-order valence-corrected chi connectivity index (χ4v) is 3.37. The summed E-state index contributed by atoms with van der Waals surface area (Å²) in [5.41, 5.74) is 1.78. The van der Waals surface area contributed by atoms with Gasteiger partial charge < -0.3 is 15.4 Å². The van der Waals surface area contributed by atoms with Gasteiger partial charge in [0, 0.05) is 10.2 Å². The van der Waals surface area contributed by atoms with E-state index in [0.29, 0.717) is 17.1 Å². The standard InChI is InChI=1S/C18H15BrN2O3/c19-12-3-1-2-11(8-12)18(6-7-18)17(23)20-13-4-5-15-14(9-13)21-16(22)10-24-15/h1-5,8-9H,6-7,10H2,(H,20,23)(H,21,22). The third-order valence-corrected chi connectivity index (χ3v) is 4.93. The van der Waals surface area contributed by atoms with Crippen molar-refractivity contribution in [1.82, 2.24) is 0 Å². The van der Waals surface area contributed by atoms with Crippen LogP contribution in [0.4, 0.5) is 11.4 Å². The Bertz CT molecular complexity index is 846. The molecule has 5 nitrogen and oxygen atoms in total. The Morgan fingerprint density at radius 1 is 1.21 bits per heavy atom. The molecule has 1 aliphatic heterocycles. The molecule has 0 spiro atoms. The first-order chi connectivity index (χ1) is 11.6. The molecule has 0 saturated heterocycles. The summed E-state index contributed by atoms with van der Waals surface area (Å²) in [5.74, 6) is 0.392. The van der Waals surface area contributed by atoms with E-state index < -0.39 is 5.41 Å². The molecule has 1 saturated carbocycles. The van der Waals surface area contributed by atoms with Gasteiger partial charge in [0.1, 0.15) is 5.75 Å². The molecule has 2 aliphatic rings. The van der Waals surface area contributed by atoms with Crippen molar-refractivity contribution in [3.63, 3.8) is 0 Å². The fourth-order valence-electron chi connectivity index (χ4n) is 2.97. The minimum Gasteiger partial charge on any atom is -0.482 e. The van der Waals surface area contributed by atoms with Gasteiger partial charge in [-0.1, -0.05) is 28.1 Å². The predicted molar refractivity (Wildman–Crippen MR) is 94.3 cm³/mol. The molecule has 0 bridgehead atoms. The van der Waals surface area contributed by atoms with Crippen LogP contribution in [0.15, 0.2) is 46.9 Å². The van der Waals surface area contributed by atoms with E-state index >= 15 is 0 Å². The van der Waals surface area contributed by atoms with Crippen LogP contribution in [0.1, 0.15) is 18.4 Å². The summed E-state index contributed by atoms with van der Waals surface area (Å²) in [7, 11) is 0. The first-order valence-electron chi connectivity index (χ1n) is 7.71. The van der Waals surface area contributed by atoms with Crippen molar-refractivity contribution in [1.29, 1.82) is 0 Å². The average Bonchev–Trinajstić information content (AvgIpc) is 3.36. The van der Waals surface area contributed by atoms with Crippen molar-refractivity contribution >= 4 is 39.1 Å². The summed E-state index contributed by atoms with van der Waals surface area (Å²) in [5, 5.41) is 5.71. The van der Waals surface area contributed by atoms with Gasteiger partial charge in [0.05, 0.1) is 11.1 Å². The van der Waals surface area contributed by atoms with E-state index in [4.69, 9.17) is 4.74 Å². The molecule has 122 valence electrons. The molecular formula is C18H15BrN2O3. The van der Waals surface area contributed by atoms with E-state index in [0.717, 1.165) is 22.9 Å². The minimum absolute atomic E-state index is 0.0186. The first kappa shape index (κ1) is 15.2. The molecule has 1 fully saturated rings. The van der Waals surface area contributed by atoms with Crippen LogP contribution in [-0.4, -0.2) is 18.4 Å². The van der Waals surface area contributed by atoms with Gasteiger partial charge in [-0.15, -0.1) is 0 Å². The fraction of sp³-hybridized carbons (Fsp3) is 0.222. The molecule has 0 radical (unpaired) electrons. The van der Waals surface area contributed by atoms with Gasteiger partial charge in [-0.2, -0.15) is 0 Å². The monoisotopic (exact) mass is 386 g/mol. The predicted octanol–water partition coefficient (Wildman–Crippen LogP) is 3.45. The summed E-state index contributed by atoms with van der Waals surface area (Å²) >= 11 is 3.46. The van der Waals surface area contributed by atoms with Crippen LogP contribution in [0.25, 0.3) is 0 Å². The molecule has 1 aliphatic carbocycles. The van der Waals surface area contributed by atoms with E-state index in [-0.39, 0.29) is 18.4 Å². The molecule has 0 unspecified atom stereocenters. The van der Waals surface area contributed by atoms with Gasteiger partial charge in [-0.25, -0.2) is 0 Å². The molecule has 1 heterocycles. The maximum absolute atomic E-state index is 12.8. The van der Waals surface area contributed by atoms with E-state index in [1.807, 2.05) is 24.3 Å². The smallest absolute Gasteiger partial charge is 0.262 e. The highest BCUT2D eigenvalue weighted by Crippen LogP contribution is 2.49. The summed E-state index contributed by atoms with van der Waals surface area (Å²) in [6.45, 7) is 0.0186. The van der Waals surface area contributed by atoms with Crippen LogP contribution < -0.4 is 15.4 Å². The summed E-state index contributed by atoms with van der Waals surface area (Å²) < 4.78 is 6.29. The minimum atomic E-state index is -0.459. The Morgan fingerprint density at radius 2 is 2.04 bits per heavy atom. The molecule has 2 aromatic carbocycles. The molecule has 6 heteroatoms. The van der Waals surface area contributed by atoms with Crippen LogP contribution in [-0.2, 0) is 15.0 Å². The highest BCUT2D eigenvalue weighted by molar-refractivity contribution is 9.10. The molecule has 4 rings (SSSR count). The normalized spacial score (nSPS) is 17.3. The van der Waals surface area contributed by atoms with Gasteiger partial charge in [-0.05, 0) is 48.7 Å². The van der Waals surface area contributed by atoms with Gasteiger partial charge >= 0.3 is 0 Å². The van der Waals surface area contributed by atoms with Crippen LogP contribution in [0.5, 0.6) is 5.75 Å². The van der Waals surface area contributed by atoms with Crippen LogP contribution in [0.3, 0.4) is 0 Å². The highest BCUT2D eigenvalue weighted by Gasteiger charge is 2.51. The summed E-state index contributed by atoms with van der Waals surface area (Å²) in [4.78, 5) is 24.2. The second-order valence-corrected chi connectivity index (χ2v) is 7.01. The van der Waals surface area contributed by atoms with E-state index in [1.165, 1.54) is 0 Å². The number of carbonyl (C=O) groups excluding carboxylic acids is 2. The average molecular weight is 387 g/mol. The number of benzene rings is 2. The SMILES string of the molecule is O=C1COc2ccc(NC(=O)C3(c4cccc(Br)c4)CC3)cc2N1. The zero-order chi connectivity index (χ0) is 16.7. The first-order valence-corrected chi connectivity index (χ1v) is 8.50. The van der Waals surface area contributed by atoms with Crippen molar-refractivity contribution in [2.45, 2.75) is 18.3 Å². The van der Waals surface area contributed by atoms with E-state index in [9.17, 15) is 9.59 Å². The Labute approximate surface area is 147 Å². The van der Waals surface area contributed by atoms with E-state index in [1.54, 1.807) is 18.2 Å². The molecule has 2 N–H and O–H groups in total. The van der Waals surface area contributed by atoms with Crippen LogP contribution >= 0.6 is 15.9 Å². The molecular weight excluding hydrogens is 372 g/mol. The number of halogens is 1. The number of rotatable bonds is 3. The third-order valence-electron chi connectivity index (χ3n) is 4.43. The number of hydrogen-bond acceptors (Lipinski definition) is 3. The topological polar surface area (TPSA) is 67.4 Å². The maximum atomic E-state index is 12.8. The number of fused-ring (bicyclic) bond motifs is 1. The number of anilines is 2. The Hall–Kier alpha value is -2.34. The Kier molecular flexibility index (Phi) is 3.57. The zero-order valence-corrected chi connectivity index (χ0v) is 14.4. The number of carbonyl (C=O) groups is 2. The van der Waals surface area contributed by atoms with Crippen molar-refractivity contribution in [2.75, 3.05) is 17.2 Å². The number of ether oxygens (including phenoxy) is 1. The summed E-state index contributed by atoms with van der Waals surface area (Å²) in [6, 6.07) is 13.1. The number of hydrogen-bond donors (Lipinski definition) is 2. The van der Waals surface area contributed by atoms with Crippen molar-refractivity contribution in [3.8, 4) is 5.75 Å². The largest absolute Gasteiger partial charge is 0.482 e. The lowest BCUT2D eigenvalue weighted by Crippen LogP contribution is -2.28. The highest BCUT2D eigenvalue weighted by atomic mass is 79.9. The second-order valence-electron chi connectivity index (χ2n) is 6.09.